The van der Waals surface area contributed by atoms with Crippen molar-refractivity contribution in [1.82, 2.24) is 4.98 Å². The van der Waals surface area contributed by atoms with Crippen molar-refractivity contribution >= 4 is 19.2 Å². The summed E-state index contributed by atoms with van der Waals surface area (Å²) in [6.07, 6.45) is 3.36. The highest BCUT2D eigenvalue weighted by molar-refractivity contribution is 6.52. The number of methoxy groups -OCH3 is 1. The van der Waals surface area contributed by atoms with Gasteiger partial charge < -0.3 is 18.8 Å². The molecule has 1 aromatic carbocycles. The SMILES string of the molecule is COC(=O)c1nccc(C=CB2OC(C)(C)C(C)(C)O2)c1OCc1ccccc1. The monoisotopic (exact) mass is 395 g/mol. The molecule has 2 aromatic rings. The van der Waals surface area contributed by atoms with Crippen molar-refractivity contribution in [3.63, 3.8) is 0 Å². The minimum atomic E-state index is -0.557. The van der Waals surface area contributed by atoms with Crippen LogP contribution in [0, 0.1) is 0 Å². The molecule has 6 nitrogen and oxygen atoms in total. The zero-order valence-corrected chi connectivity index (χ0v) is 17.5. The first kappa shape index (κ1) is 21.1. The number of ether oxygens (including phenoxy) is 2. The second-order valence-corrected chi connectivity index (χ2v) is 7.83. The maximum Gasteiger partial charge on any atom is 0.487 e. The van der Waals surface area contributed by atoms with Gasteiger partial charge in [0.2, 0.25) is 0 Å². The summed E-state index contributed by atoms with van der Waals surface area (Å²) in [5.74, 6) is 1.61. The summed E-state index contributed by atoms with van der Waals surface area (Å²) < 4.78 is 22.8. The Kier molecular flexibility index (Phi) is 6.10. The average molecular weight is 395 g/mol. The summed E-state index contributed by atoms with van der Waals surface area (Å²) in [7, 11) is 0.814. The van der Waals surface area contributed by atoms with Crippen LogP contribution in [0.2, 0.25) is 0 Å². The molecule has 1 saturated heterocycles. The third kappa shape index (κ3) is 4.69. The van der Waals surface area contributed by atoms with Crippen molar-refractivity contribution in [2.45, 2.75) is 45.5 Å². The molecule has 0 N–H and O–H groups in total. The highest BCUT2D eigenvalue weighted by atomic mass is 16.7. The topological polar surface area (TPSA) is 66.9 Å². The second kappa shape index (κ2) is 8.39. The van der Waals surface area contributed by atoms with Crippen LogP contribution in [0.5, 0.6) is 5.75 Å². The van der Waals surface area contributed by atoms with Gasteiger partial charge in [-0.1, -0.05) is 42.4 Å². The Bertz CT molecular complexity index is 879. The molecule has 0 saturated carbocycles. The van der Waals surface area contributed by atoms with Crippen LogP contribution in [0.3, 0.4) is 0 Å². The third-order valence-corrected chi connectivity index (χ3v) is 5.24. The lowest BCUT2D eigenvalue weighted by molar-refractivity contribution is 0.00578. The molecule has 0 amide bonds. The Morgan fingerprint density at radius 3 is 2.38 bits per heavy atom. The van der Waals surface area contributed by atoms with E-state index in [9.17, 15) is 4.79 Å². The molecule has 0 aliphatic carbocycles. The minimum Gasteiger partial charge on any atom is -0.486 e. The first-order chi connectivity index (χ1) is 13.7. The van der Waals surface area contributed by atoms with Gasteiger partial charge in [-0.25, -0.2) is 9.78 Å². The number of rotatable bonds is 6. The molecule has 1 aliphatic rings. The van der Waals surface area contributed by atoms with Gasteiger partial charge in [0.25, 0.3) is 0 Å². The van der Waals surface area contributed by atoms with E-state index in [-0.39, 0.29) is 5.69 Å². The van der Waals surface area contributed by atoms with Gasteiger partial charge in [0.05, 0.1) is 18.3 Å². The van der Waals surface area contributed by atoms with Crippen LogP contribution in [-0.4, -0.2) is 36.4 Å². The van der Waals surface area contributed by atoms with Gasteiger partial charge in [0.1, 0.15) is 6.61 Å². The first-order valence-corrected chi connectivity index (χ1v) is 9.51. The molecule has 0 atom stereocenters. The number of aromatic nitrogens is 1. The van der Waals surface area contributed by atoms with Crippen molar-refractivity contribution in [2.24, 2.45) is 0 Å². The van der Waals surface area contributed by atoms with E-state index in [1.807, 2.05) is 70.1 Å². The molecule has 0 bridgehead atoms. The second-order valence-electron chi connectivity index (χ2n) is 7.83. The Balaban J connectivity index is 1.87. The number of hydrogen-bond acceptors (Lipinski definition) is 6. The number of benzene rings is 1. The van der Waals surface area contributed by atoms with Crippen molar-refractivity contribution in [3.8, 4) is 5.75 Å². The summed E-state index contributed by atoms with van der Waals surface area (Å²) in [5.41, 5.74) is 0.937. The molecule has 3 rings (SSSR count). The molecule has 0 spiro atoms. The van der Waals surface area contributed by atoms with E-state index in [1.54, 1.807) is 12.3 Å². The molecule has 7 heteroatoms. The molecule has 152 valence electrons. The molecule has 0 radical (unpaired) electrons. The Labute approximate surface area is 172 Å². The van der Waals surface area contributed by atoms with Crippen molar-refractivity contribution in [2.75, 3.05) is 7.11 Å². The fourth-order valence-corrected chi connectivity index (χ4v) is 2.87. The summed E-state index contributed by atoms with van der Waals surface area (Å²) in [5, 5.41) is 0. The zero-order valence-electron chi connectivity index (χ0n) is 17.5. The average Bonchev–Trinajstić information content (AvgIpc) is 2.91. The molecule has 1 fully saturated rings. The predicted molar refractivity (Wildman–Crippen MR) is 111 cm³/mol. The Morgan fingerprint density at radius 2 is 1.76 bits per heavy atom. The van der Waals surface area contributed by atoms with Crippen LogP contribution in [0.4, 0.5) is 0 Å². The van der Waals surface area contributed by atoms with Gasteiger partial charge in [0.15, 0.2) is 11.4 Å². The summed E-state index contributed by atoms with van der Waals surface area (Å²) in [6, 6.07) is 11.5. The van der Waals surface area contributed by atoms with E-state index in [0.29, 0.717) is 17.9 Å². The van der Waals surface area contributed by atoms with Crippen molar-refractivity contribution in [3.05, 3.63) is 65.4 Å². The van der Waals surface area contributed by atoms with Crippen LogP contribution in [-0.2, 0) is 20.7 Å². The van der Waals surface area contributed by atoms with E-state index < -0.39 is 24.3 Å². The van der Waals surface area contributed by atoms with E-state index in [2.05, 4.69) is 4.98 Å². The number of esters is 1. The summed E-state index contributed by atoms with van der Waals surface area (Å²) in [4.78, 5) is 16.3. The number of pyridine rings is 1. The maximum absolute atomic E-state index is 12.2. The van der Waals surface area contributed by atoms with Gasteiger partial charge in [0, 0.05) is 11.8 Å². The van der Waals surface area contributed by atoms with E-state index in [1.165, 1.54) is 7.11 Å². The largest absolute Gasteiger partial charge is 0.487 e. The van der Waals surface area contributed by atoms with Gasteiger partial charge in [-0.2, -0.15) is 0 Å². The number of hydrogen-bond donors (Lipinski definition) is 0. The molecule has 1 aliphatic heterocycles. The third-order valence-electron chi connectivity index (χ3n) is 5.24. The van der Waals surface area contributed by atoms with Gasteiger partial charge in [-0.15, -0.1) is 0 Å². The number of carbonyl (C=O) groups excluding carboxylic acids is 1. The zero-order chi connectivity index (χ0) is 21.1. The Morgan fingerprint density at radius 1 is 1.10 bits per heavy atom. The molecular weight excluding hydrogens is 369 g/mol. The Hall–Kier alpha value is -2.64. The van der Waals surface area contributed by atoms with Gasteiger partial charge >= 0.3 is 13.1 Å². The lowest BCUT2D eigenvalue weighted by Crippen LogP contribution is -2.41. The standard InChI is InChI=1S/C22H26BNO5/c1-21(2)22(3,4)29-23(28-21)13-11-17-12-14-24-18(20(25)26-5)19(17)27-15-16-9-7-6-8-10-16/h6-14H,15H2,1-5H3. The summed E-state index contributed by atoms with van der Waals surface area (Å²) >= 11 is 0. The fourth-order valence-electron chi connectivity index (χ4n) is 2.87. The van der Waals surface area contributed by atoms with E-state index >= 15 is 0 Å². The molecule has 2 heterocycles. The lowest BCUT2D eigenvalue weighted by atomic mass is 9.89. The predicted octanol–water partition coefficient (Wildman–Crippen LogP) is 4.09. The van der Waals surface area contributed by atoms with Crippen LogP contribution in [0.25, 0.3) is 6.08 Å². The highest BCUT2D eigenvalue weighted by Gasteiger charge is 2.50. The maximum atomic E-state index is 12.2. The van der Waals surface area contributed by atoms with Gasteiger partial charge in [-0.05, 0) is 39.3 Å². The van der Waals surface area contributed by atoms with Gasteiger partial charge in [-0.3, -0.25) is 0 Å². The molecule has 29 heavy (non-hydrogen) atoms. The summed E-state index contributed by atoms with van der Waals surface area (Å²) in [6.45, 7) is 8.29. The fraction of sp³-hybridized carbons (Fsp3) is 0.364. The normalized spacial score (nSPS) is 17.5. The molecule has 1 aromatic heterocycles. The van der Waals surface area contributed by atoms with Crippen molar-refractivity contribution < 1.29 is 23.6 Å². The smallest absolute Gasteiger partial charge is 0.486 e. The number of nitrogens with zero attached hydrogens (tertiary/aromatic N) is 1. The lowest BCUT2D eigenvalue weighted by Gasteiger charge is -2.32. The van der Waals surface area contributed by atoms with E-state index in [0.717, 1.165) is 5.56 Å². The van der Waals surface area contributed by atoms with Crippen molar-refractivity contribution in [1.29, 1.82) is 0 Å². The molecule has 0 unspecified atom stereocenters. The van der Waals surface area contributed by atoms with Crippen LogP contribution in [0.15, 0.2) is 48.6 Å². The van der Waals surface area contributed by atoms with E-state index in [4.69, 9.17) is 18.8 Å². The first-order valence-electron chi connectivity index (χ1n) is 9.51. The van der Waals surface area contributed by atoms with Crippen LogP contribution in [0.1, 0.15) is 49.3 Å². The quantitative estimate of drug-likeness (QED) is 0.542. The van der Waals surface area contributed by atoms with Crippen LogP contribution < -0.4 is 4.74 Å². The molecular formula is C22H26BNO5. The highest BCUT2D eigenvalue weighted by Crippen LogP contribution is 2.37. The minimum absolute atomic E-state index is 0.125. The number of carbonyl (C=O) groups is 1. The van der Waals surface area contributed by atoms with Crippen LogP contribution >= 0.6 is 0 Å².